The molecule has 4 rings (SSSR count). The Bertz CT molecular complexity index is 610. The lowest BCUT2D eigenvalue weighted by molar-refractivity contribution is 0.135. The first-order chi connectivity index (χ1) is 11.6. The zero-order valence-electron chi connectivity index (χ0n) is 13.8. The second kappa shape index (κ2) is 6.31. The standard InChI is InChI=1S/C17H24FN5O/c1-22-15-6-7-23(10-14(15)20-17(22)24)9-12-8-19-21-16(12)11-2-4-13(18)5-3-11/h2-5,12,14-16,19,21H,6-10H2,1H3,(H,20,24)/t12?,14-,15+,16?/m1/s1. The number of halogens is 1. The number of benzene rings is 1. The number of likely N-dealkylation sites (tertiary alicyclic amines) is 1. The lowest BCUT2D eigenvalue weighted by atomic mass is 9.92. The SMILES string of the molecule is CN1C(=O)N[C@@H]2CN(CC3CNNC3c3ccc(F)cc3)CC[C@@H]21. The number of likely N-dealkylation sites (N-methyl/N-ethyl adjacent to an activating group) is 1. The Hall–Kier alpha value is -1.70. The number of nitrogens with zero attached hydrogens (tertiary/aromatic N) is 2. The fraction of sp³-hybridized carbons (Fsp3) is 0.588. The third-order valence-electron chi connectivity index (χ3n) is 5.60. The zero-order chi connectivity index (χ0) is 16.7. The van der Waals surface area contributed by atoms with E-state index < -0.39 is 0 Å². The summed E-state index contributed by atoms with van der Waals surface area (Å²) in [6, 6.07) is 7.51. The van der Waals surface area contributed by atoms with Gasteiger partial charge in [-0.1, -0.05) is 12.1 Å². The average Bonchev–Trinajstić information content (AvgIpc) is 3.13. The Morgan fingerprint density at radius 2 is 2.08 bits per heavy atom. The average molecular weight is 333 g/mol. The quantitative estimate of drug-likeness (QED) is 0.762. The van der Waals surface area contributed by atoms with Crippen LogP contribution in [0.1, 0.15) is 18.0 Å². The molecule has 1 aromatic rings. The molecule has 0 spiro atoms. The van der Waals surface area contributed by atoms with Crippen LogP contribution in [0.5, 0.6) is 0 Å². The van der Waals surface area contributed by atoms with Crippen LogP contribution in [0.3, 0.4) is 0 Å². The Labute approximate surface area is 141 Å². The Balaban J connectivity index is 1.40. The molecule has 0 aliphatic carbocycles. The molecule has 3 N–H and O–H groups in total. The molecule has 24 heavy (non-hydrogen) atoms. The van der Waals surface area contributed by atoms with Crippen LogP contribution >= 0.6 is 0 Å². The number of hydrogen-bond acceptors (Lipinski definition) is 4. The summed E-state index contributed by atoms with van der Waals surface area (Å²) in [6.07, 6.45) is 1.01. The lowest BCUT2D eigenvalue weighted by Crippen LogP contribution is -2.52. The zero-order valence-corrected chi connectivity index (χ0v) is 13.8. The second-order valence-corrected chi connectivity index (χ2v) is 7.10. The molecule has 6 nitrogen and oxygen atoms in total. The molecule has 2 amide bonds. The van der Waals surface area contributed by atoms with E-state index >= 15 is 0 Å². The van der Waals surface area contributed by atoms with Crippen molar-refractivity contribution in [2.75, 3.05) is 33.2 Å². The van der Waals surface area contributed by atoms with E-state index in [9.17, 15) is 9.18 Å². The summed E-state index contributed by atoms with van der Waals surface area (Å²) in [5.41, 5.74) is 7.66. The van der Waals surface area contributed by atoms with Crippen molar-refractivity contribution in [2.24, 2.45) is 5.92 Å². The van der Waals surface area contributed by atoms with Gasteiger partial charge in [0.25, 0.3) is 0 Å². The predicted molar refractivity (Wildman–Crippen MR) is 88.7 cm³/mol. The number of rotatable bonds is 3. The summed E-state index contributed by atoms with van der Waals surface area (Å²) < 4.78 is 13.1. The van der Waals surface area contributed by atoms with Crippen molar-refractivity contribution in [1.29, 1.82) is 0 Å². The highest BCUT2D eigenvalue weighted by molar-refractivity contribution is 5.77. The number of hydrogen-bond donors (Lipinski definition) is 3. The van der Waals surface area contributed by atoms with E-state index in [1.807, 2.05) is 24.1 Å². The molecule has 3 heterocycles. The number of amides is 2. The summed E-state index contributed by atoms with van der Waals surface area (Å²) in [5, 5.41) is 3.08. The maximum Gasteiger partial charge on any atom is 0.317 e. The fourth-order valence-corrected chi connectivity index (χ4v) is 4.25. The van der Waals surface area contributed by atoms with Crippen LogP contribution < -0.4 is 16.2 Å². The lowest BCUT2D eigenvalue weighted by Gasteiger charge is -2.37. The van der Waals surface area contributed by atoms with Gasteiger partial charge < -0.3 is 15.1 Å². The Morgan fingerprint density at radius 1 is 1.29 bits per heavy atom. The van der Waals surface area contributed by atoms with Gasteiger partial charge >= 0.3 is 6.03 Å². The van der Waals surface area contributed by atoms with E-state index in [0.29, 0.717) is 12.0 Å². The minimum atomic E-state index is -0.204. The Kier molecular flexibility index (Phi) is 4.15. The minimum Gasteiger partial charge on any atom is -0.332 e. The van der Waals surface area contributed by atoms with Gasteiger partial charge in [0, 0.05) is 39.1 Å². The van der Waals surface area contributed by atoms with Crippen LogP contribution in [0.4, 0.5) is 9.18 Å². The smallest absolute Gasteiger partial charge is 0.317 e. The second-order valence-electron chi connectivity index (χ2n) is 7.10. The number of hydrazine groups is 1. The highest BCUT2D eigenvalue weighted by Gasteiger charge is 2.41. The van der Waals surface area contributed by atoms with Gasteiger partial charge in [-0.3, -0.25) is 5.43 Å². The van der Waals surface area contributed by atoms with E-state index in [2.05, 4.69) is 21.1 Å². The molecule has 7 heteroatoms. The number of carbonyl (C=O) groups excluding carboxylic acids is 1. The molecule has 0 saturated carbocycles. The number of fused-ring (bicyclic) bond motifs is 1. The summed E-state index contributed by atoms with van der Waals surface area (Å²) >= 11 is 0. The molecule has 0 aromatic heterocycles. The fourth-order valence-electron chi connectivity index (χ4n) is 4.25. The molecule has 0 bridgehead atoms. The van der Waals surface area contributed by atoms with Gasteiger partial charge in [0.05, 0.1) is 18.1 Å². The summed E-state index contributed by atoms with van der Waals surface area (Å²) in [5.74, 6) is 0.214. The summed E-state index contributed by atoms with van der Waals surface area (Å²) in [7, 11) is 1.88. The van der Waals surface area contributed by atoms with Crippen LogP contribution in [0, 0.1) is 11.7 Å². The van der Waals surface area contributed by atoms with Crippen LogP contribution in [-0.2, 0) is 0 Å². The molecule has 130 valence electrons. The van der Waals surface area contributed by atoms with Crippen molar-refractivity contribution >= 4 is 6.03 Å². The monoisotopic (exact) mass is 333 g/mol. The summed E-state index contributed by atoms with van der Waals surface area (Å²) in [6.45, 7) is 3.75. The first-order valence-corrected chi connectivity index (χ1v) is 8.61. The van der Waals surface area contributed by atoms with Gasteiger partial charge in [-0.25, -0.2) is 14.6 Å². The molecule has 0 radical (unpaired) electrons. The first-order valence-electron chi connectivity index (χ1n) is 8.61. The molecule has 3 saturated heterocycles. The van der Waals surface area contributed by atoms with Gasteiger partial charge in [0.1, 0.15) is 5.82 Å². The van der Waals surface area contributed by atoms with Crippen LogP contribution in [0.2, 0.25) is 0 Å². The van der Waals surface area contributed by atoms with Gasteiger partial charge in [-0.15, -0.1) is 0 Å². The van der Waals surface area contributed by atoms with Gasteiger partial charge in [-0.05, 0) is 24.1 Å². The summed E-state index contributed by atoms with van der Waals surface area (Å²) in [4.78, 5) is 16.1. The maximum absolute atomic E-state index is 13.1. The van der Waals surface area contributed by atoms with Crippen molar-refractivity contribution in [3.05, 3.63) is 35.6 Å². The van der Waals surface area contributed by atoms with Gasteiger partial charge in [-0.2, -0.15) is 0 Å². The third kappa shape index (κ3) is 2.87. The normalized spacial score (nSPS) is 33.6. The predicted octanol–water partition coefficient (Wildman–Crippen LogP) is 0.689. The molecule has 2 unspecified atom stereocenters. The van der Waals surface area contributed by atoms with Gasteiger partial charge in [0.2, 0.25) is 0 Å². The van der Waals surface area contributed by atoms with Crippen molar-refractivity contribution < 1.29 is 9.18 Å². The Morgan fingerprint density at radius 3 is 2.88 bits per heavy atom. The van der Waals surface area contributed by atoms with Crippen LogP contribution in [-0.4, -0.2) is 61.1 Å². The first kappa shape index (κ1) is 15.8. The molecule has 1 aromatic carbocycles. The third-order valence-corrected chi connectivity index (χ3v) is 5.60. The van der Waals surface area contributed by atoms with E-state index in [4.69, 9.17) is 0 Å². The molecular weight excluding hydrogens is 309 g/mol. The van der Waals surface area contributed by atoms with Gasteiger partial charge in [0.15, 0.2) is 0 Å². The number of nitrogens with one attached hydrogen (secondary N) is 3. The minimum absolute atomic E-state index is 0.0419. The van der Waals surface area contributed by atoms with Crippen molar-refractivity contribution in [3.8, 4) is 0 Å². The van der Waals surface area contributed by atoms with E-state index in [0.717, 1.165) is 38.2 Å². The van der Waals surface area contributed by atoms with E-state index in [1.165, 1.54) is 12.1 Å². The number of urea groups is 1. The topological polar surface area (TPSA) is 59.6 Å². The maximum atomic E-state index is 13.1. The molecule has 4 atom stereocenters. The van der Waals surface area contributed by atoms with Crippen LogP contribution in [0.25, 0.3) is 0 Å². The highest BCUT2D eigenvalue weighted by Crippen LogP contribution is 2.28. The van der Waals surface area contributed by atoms with Crippen molar-refractivity contribution in [2.45, 2.75) is 24.5 Å². The molecule has 3 fully saturated rings. The van der Waals surface area contributed by atoms with E-state index in [-0.39, 0.29) is 23.9 Å². The van der Waals surface area contributed by atoms with E-state index in [1.54, 1.807) is 0 Å². The highest BCUT2D eigenvalue weighted by atomic mass is 19.1. The molecule has 3 aliphatic rings. The molecule has 3 aliphatic heterocycles. The molecular formula is C17H24FN5O. The van der Waals surface area contributed by atoms with Crippen LogP contribution in [0.15, 0.2) is 24.3 Å². The number of carbonyl (C=O) groups is 1. The van der Waals surface area contributed by atoms with Crippen molar-refractivity contribution in [1.82, 2.24) is 26.0 Å². The largest absolute Gasteiger partial charge is 0.332 e. The van der Waals surface area contributed by atoms with Crippen molar-refractivity contribution in [3.63, 3.8) is 0 Å². The number of piperidine rings is 1.